The van der Waals surface area contributed by atoms with Crippen LogP contribution in [0.25, 0.3) is 0 Å². The third kappa shape index (κ3) is 4.85. The first-order valence-corrected chi connectivity index (χ1v) is 11.6. The number of rotatable bonds is 7. The lowest BCUT2D eigenvalue weighted by molar-refractivity contribution is 0.0958. The monoisotopic (exact) mass is 457 g/mol. The van der Waals surface area contributed by atoms with E-state index in [4.69, 9.17) is 4.74 Å². The molecule has 0 saturated heterocycles. The Bertz CT molecular complexity index is 1220. The lowest BCUT2D eigenvalue weighted by atomic mass is 10.0. The summed E-state index contributed by atoms with van der Waals surface area (Å²) in [5.41, 5.74) is 0.963. The number of nitrogens with one attached hydrogen (secondary N) is 2. The second-order valence-corrected chi connectivity index (χ2v) is 9.13. The molecule has 0 spiro atoms. The maximum Gasteiger partial charge on any atom is 0.269 e. The summed E-state index contributed by atoms with van der Waals surface area (Å²) >= 11 is 0. The normalized spacial score (nSPS) is 14.3. The largest absolute Gasteiger partial charge is 0.437 e. The van der Waals surface area contributed by atoms with Crippen LogP contribution in [0.5, 0.6) is 11.6 Å². The van der Waals surface area contributed by atoms with Gasteiger partial charge >= 0.3 is 0 Å². The Balaban J connectivity index is 1.63. The Kier molecular flexibility index (Phi) is 6.04. The molecule has 3 aromatic rings. The Morgan fingerprint density at radius 3 is 2.59 bits per heavy atom. The Morgan fingerprint density at radius 1 is 1.19 bits per heavy atom. The SMILES string of the molecule is CNC(=O)c1ccc(Oc2cc(C3CCCC3)nc(NS(=O)(=O)c3cnn(C)c3)n2)cn1. The van der Waals surface area contributed by atoms with Crippen LogP contribution in [-0.4, -0.2) is 46.1 Å². The number of anilines is 1. The van der Waals surface area contributed by atoms with Crippen LogP contribution in [0.1, 0.15) is 47.8 Å². The molecule has 2 N–H and O–H groups in total. The van der Waals surface area contributed by atoms with Crippen LogP contribution in [0.3, 0.4) is 0 Å². The number of ether oxygens (including phenoxy) is 1. The molecular formula is C20H23N7O4S. The maximum atomic E-state index is 12.7. The van der Waals surface area contributed by atoms with Crippen molar-refractivity contribution < 1.29 is 17.9 Å². The van der Waals surface area contributed by atoms with Crippen molar-refractivity contribution in [2.75, 3.05) is 11.8 Å². The van der Waals surface area contributed by atoms with Gasteiger partial charge in [0.05, 0.1) is 18.1 Å². The van der Waals surface area contributed by atoms with Crippen molar-refractivity contribution in [3.05, 3.63) is 48.2 Å². The van der Waals surface area contributed by atoms with E-state index >= 15 is 0 Å². The summed E-state index contributed by atoms with van der Waals surface area (Å²) in [6.07, 6.45) is 8.15. The number of nitrogens with zero attached hydrogens (tertiary/aromatic N) is 5. The van der Waals surface area contributed by atoms with Gasteiger partial charge in [-0.25, -0.2) is 23.1 Å². The van der Waals surface area contributed by atoms with Crippen LogP contribution in [0.2, 0.25) is 0 Å². The quantitative estimate of drug-likeness (QED) is 0.550. The summed E-state index contributed by atoms with van der Waals surface area (Å²) in [4.78, 5) is 24.4. The number of amides is 1. The third-order valence-corrected chi connectivity index (χ3v) is 6.41. The molecule has 0 radical (unpaired) electrons. The van der Waals surface area contributed by atoms with Gasteiger partial charge < -0.3 is 10.1 Å². The molecule has 0 unspecified atom stereocenters. The van der Waals surface area contributed by atoms with Crippen molar-refractivity contribution in [1.82, 2.24) is 30.0 Å². The lowest BCUT2D eigenvalue weighted by Gasteiger charge is -2.13. The van der Waals surface area contributed by atoms with E-state index in [9.17, 15) is 13.2 Å². The molecule has 1 aliphatic rings. The molecule has 1 fully saturated rings. The standard InChI is InChI=1S/C20H23N7O4S/c1-21-19(28)16-8-7-14(10-22-16)31-18-9-17(13-5-3-4-6-13)24-20(25-18)26-32(29,30)15-11-23-27(2)12-15/h7-13H,3-6H2,1-2H3,(H,21,28)(H,24,25,26). The summed E-state index contributed by atoms with van der Waals surface area (Å²) in [7, 11) is -0.759. The van der Waals surface area contributed by atoms with E-state index in [0.29, 0.717) is 11.4 Å². The fourth-order valence-corrected chi connectivity index (χ4v) is 4.44. The van der Waals surface area contributed by atoms with Crippen LogP contribution in [-0.2, 0) is 17.1 Å². The first-order chi connectivity index (χ1) is 15.3. The number of pyridine rings is 1. The third-order valence-electron chi connectivity index (χ3n) is 5.13. The molecular weight excluding hydrogens is 434 g/mol. The van der Waals surface area contributed by atoms with Gasteiger partial charge in [0.25, 0.3) is 15.9 Å². The van der Waals surface area contributed by atoms with Gasteiger partial charge in [0, 0.05) is 32.3 Å². The lowest BCUT2D eigenvalue weighted by Crippen LogP contribution is -2.18. The molecule has 0 aliphatic heterocycles. The number of aromatic nitrogens is 5. The highest BCUT2D eigenvalue weighted by Crippen LogP contribution is 2.35. The molecule has 1 aliphatic carbocycles. The molecule has 3 heterocycles. The van der Waals surface area contributed by atoms with Crippen molar-refractivity contribution in [3.63, 3.8) is 0 Å². The number of sulfonamides is 1. The zero-order chi connectivity index (χ0) is 22.7. The maximum absolute atomic E-state index is 12.7. The van der Waals surface area contributed by atoms with Crippen LogP contribution >= 0.6 is 0 Å². The van der Waals surface area contributed by atoms with Gasteiger partial charge in [-0.05, 0) is 25.0 Å². The summed E-state index contributed by atoms with van der Waals surface area (Å²) in [6, 6.07) is 4.83. The molecule has 4 rings (SSSR count). The van der Waals surface area contributed by atoms with Gasteiger partial charge in [-0.1, -0.05) is 12.8 Å². The second kappa shape index (κ2) is 8.91. The minimum Gasteiger partial charge on any atom is -0.437 e. The van der Waals surface area contributed by atoms with E-state index in [1.165, 1.54) is 36.4 Å². The molecule has 0 atom stereocenters. The van der Waals surface area contributed by atoms with Crippen molar-refractivity contribution in [2.24, 2.45) is 7.05 Å². The minimum absolute atomic E-state index is 0.00586. The van der Waals surface area contributed by atoms with E-state index in [2.05, 4.69) is 30.1 Å². The number of carbonyl (C=O) groups excluding carboxylic acids is 1. The van der Waals surface area contributed by atoms with Crippen molar-refractivity contribution in [3.8, 4) is 11.6 Å². The Labute approximate surface area is 185 Å². The molecule has 1 saturated carbocycles. The minimum atomic E-state index is -3.91. The van der Waals surface area contributed by atoms with Gasteiger partial charge in [0.2, 0.25) is 11.8 Å². The average molecular weight is 458 g/mol. The van der Waals surface area contributed by atoms with E-state index in [1.807, 2.05) is 0 Å². The fourth-order valence-electron chi connectivity index (χ4n) is 3.51. The van der Waals surface area contributed by atoms with Crippen molar-refractivity contribution in [1.29, 1.82) is 0 Å². The highest BCUT2D eigenvalue weighted by molar-refractivity contribution is 7.92. The number of hydrogen-bond acceptors (Lipinski definition) is 8. The molecule has 32 heavy (non-hydrogen) atoms. The summed E-state index contributed by atoms with van der Waals surface area (Å²) in [5, 5.41) is 6.40. The second-order valence-electron chi connectivity index (χ2n) is 7.45. The van der Waals surface area contributed by atoms with E-state index in [0.717, 1.165) is 25.7 Å². The number of carbonyl (C=O) groups is 1. The Hall–Kier alpha value is -3.54. The molecule has 0 aromatic carbocycles. The van der Waals surface area contributed by atoms with Gasteiger partial charge in [-0.15, -0.1) is 0 Å². The van der Waals surface area contributed by atoms with Crippen molar-refractivity contribution >= 4 is 21.9 Å². The number of aryl methyl sites for hydroxylation is 1. The zero-order valence-electron chi connectivity index (χ0n) is 17.6. The van der Waals surface area contributed by atoms with Crippen LogP contribution in [0.15, 0.2) is 41.7 Å². The van der Waals surface area contributed by atoms with Gasteiger partial charge in [-0.3, -0.25) is 9.48 Å². The fraction of sp³-hybridized carbons (Fsp3) is 0.350. The summed E-state index contributed by atoms with van der Waals surface area (Å²) in [6.45, 7) is 0. The molecule has 1 amide bonds. The average Bonchev–Trinajstić information content (AvgIpc) is 3.45. The number of hydrogen-bond donors (Lipinski definition) is 2. The van der Waals surface area contributed by atoms with E-state index in [1.54, 1.807) is 19.2 Å². The topological polar surface area (TPSA) is 141 Å². The zero-order valence-corrected chi connectivity index (χ0v) is 18.5. The molecule has 168 valence electrons. The first-order valence-electron chi connectivity index (χ1n) is 10.1. The van der Waals surface area contributed by atoms with Gasteiger partial charge in [0.1, 0.15) is 16.3 Å². The first kappa shape index (κ1) is 21.7. The Morgan fingerprint density at radius 2 is 1.97 bits per heavy atom. The van der Waals surface area contributed by atoms with Crippen LogP contribution in [0, 0.1) is 0 Å². The van der Waals surface area contributed by atoms with E-state index < -0.39 is 10.0 Å². The summed E-state index contributed by atoms with van der Waals surface area (Å²) in [5.74, 6) is 0.350. The molecule has 12 heteroatoms. The summed E-state index contributed by atoms with van der Waals surface area (Å²) < 4.78 is 35.1. The highest BCUT2D eigenvalue weighted by atomic mass is 32.2. The molecule has 3 aromatic heterocycles. The molecule has 0 bridgehead atoms. The van der Waals surface area contributed by atoms with E-state index in [-0.39, 0.29) is 34.2 Å². The smallest absolute Gasteiger partial charge is 0.269 e. The highest BCUT2D eigenvalue weighted by Gasteiger charge is 2.23. The van der Waals surface area contributed by atoms with Crippen molar-refractivity contribution in [2.45, 2.75) is 36.5 Å². The molecule has 11 nitrogen and oxygen atoms in total. The predicted molar refractivity (Wildman–Crippen MR) is 115 cm³/mol. The van der Waals surface area contributed by atoms with Crippen LogP contribution in [0.4, 0.5) is 5.95 Å². The van der Waals surface area contributed by atoms with Crippen LogP contribution < -0.4 is 14.8 Å². The van der Waals surface area contributed by atoms with Gasteiger partial charge in [-0.2, -0.15) is 10.1 Å². The predicted octanol–water partition coefficient (Wildman–Crippen LogP) is 2.22. The van der Waals surface area contributed by atoms with Gasteiger partial charge in [0.15, 0.2) is 0 Å².